The molecular formula is C31H33N3O5S. The van der Waals surface area contributed by atoms with Gasteiger partial charge in [0.2, 0.25) is 10.0 Å². The van der Waals surface area contributed by atoms with Crippen LogP contribution in [0.5, 0.6) is 0 Å². The van der Waals surface area contributed by atoms with E-state index in [9.17, 15) is 23.3 Å². The molecule has 2 aliphatic rings. The number of nitrogens with one attached hydrogen (secondary N) is 2. The van der Waals surface area contributed by atoms with Crippen molar-refractivity contribution in [2.24, 2.45) is 11.8 Å². The second-order valence-corrected chi connectivity index (χ2v) is 12.5. The highest BCUT2D eigenvalue weighted by Crippen LogP contribution is 2.39. The smallest absolute Gasteiger partial charge is 0.322 e. The van der Waals surface area contributed by atoms with Crippen LogP contribution in [0.15, 0.2) is 71.6 Å². The number of nitrogens with zero attached hydrogens (tertiary/aromatic N) is 1. The molecule has 1 saturated heterocycles. The molecule has 40 heavy (non-hydrogen) atoms. The summed E-state index contributed by atoms with van der Waals surface area (Å²) >= 11 is 0. The van der Waals surface area contributed by atoms with E-state index >= 15 is 0 Å². The standard InChI is InChI=1S/C31H33N3O5S/c1-39-31(36)28-18-24-11-4-5-12-26(24)29(33-28)30(35)27(16-20-7-6-8-21(15-20)19-32)34-40(37,38)25-14-13-22-9-2-3-10-23(22)17-25/h2-3,6-10,13-15,17,24,26-29,33-34H,4-5,11-12,16,18H2,1H3/t24?,26?,27-,28?,29?/m0/s1. The number of carbonyl (C=O) groups excluding carboxylic acids is 2. The molecule has 0 spiro atoms. The molecule has 2 N–H and O–H groups in total. The Kier molecular flexibility index (Phi) is 8.31. The van der Waals surface area contributed by atoms with Crippen LogP contribution in [0.4, 0.5) is 0 Å². The normalized spacial score (nSPS) is 23.5. The van der Waals surface area contributed by atoms with Gasteiger partial charge in [-0.3, -0.25) is 14.9 Å². The lowest BCUT2D eigenvalue weighted by Gasteiger charge is -2.44. The van der Waals surface area contributed by atoms with Gasteiger partial charge >= 0.3 is 5.97 Å². The second-order valence-electron chi connectivity index (χ2n) is 10.8. The quantitative estimate of drug-likeness (QED) is 0.401. The van der Waals surface area contributed by atoms with Crippen molar-refractivity contribution >= 4 is 32.5 Å². The Morgan fingerprint density at radius 2 is 1.82 bits per heavy atom. The number of esters is 1. The molecule has 8 nitrogen and oxygen atoms in total. The second kappa shape index (κ2) is 11.9. The lowest BCUT2D eigenvalue weighted by molar-refractivity contribution is -0.146. The summed E-state index contributed by atoms with van der Waals surface area (Å²) in [7, 11) is -2.76. The van der Waals surface area contributed by atoms with Crippen molar-refractivity contribution in [1.29, 1.82) is 5.26 Å². The van der Waals surface area contributed by atoms with Gasteiger partial charge in [0.25, 0.3) is 0 Å². The minimum atomic E-state index is -4.09. The lowest BCUT2D eigenvalue weighted by atomic mass is 9.68. The first-order chi connectivity index (χ1) is 19.3. The summed E-state index contributed by atoms with van der Waals surface area (Å²) in [4.78, 5) is 26.9. The molecule has 0 bridgehead atoms. The summed E-state index contributed by atoms with van der Waals surface area (Å²) in [6.07, 6.45) is 4.43. The molecule has 0 aromatic heterocycles. The van der Waals surface area contributed by atoms with Crippen molar-refractivity contribution in [3.8, 4) is 6.07 Å². The first-order valence-corrected chi connectivity index (χ1v) is 15.1. The van der Waals surface area contributed by atoms with E-state index in [1.165, 1.54) is 13.2 Å². The van der Waals surface area contributed by atoms with E-state index in [2.05, 4.69) is 16.1 Å². The van der Waals surface area contributed by atoms with Crippen LogP contribution in [0, 0.1) is 23.2 Å². The van der Waals surface area contributed by atoms with E-state index < -0.39 is 34.1 Å². The first-order valence-electron chi connectivity index (χ1n) is 13.7. The molecular weight excluding hydrogens is 526 g/mol. The average molecular weight is 560 g/mol. The van der Waals surface area contributed by atoms with Gasteiger partial charge < -0.3 is 4.74 Å². The number of rotatable bonds is 8. The fourth-order valence-electron chi connectivity index (χ4n) is 6.29. The molecule has 5 rings (SSSR count). The van der Waals surface area contributed by atoms with Crippen LogP contribution in [0.1, 0.15) is 43.2 Å². The van der Waals surface area contributed by atoms with Crippen molar-refractivity contribution in [3.63, 3.8) is 0 Å². The number of carbonyl (C=O) groups is 2. The van der Waals surface area contributed by atoms with E-state index in [4.69, 9.17) is 4.74 Å². The highest BCUT2D eigenvalue weighted by atomic mass is 32.2. The summed E-state index contributed by atoms with van der Waals surface area (Å²) in [6.45, 7) is 0. The number of fused-ring (bicyclic) bond motifs is 2. The van der Waals surface area contributed by atoms with Crippen LogP contribution in [0.2, 0.25) is 0 Å². The molecule has 2 fully saturated rings. The van der Waals surface area contributed by atoms with Gasteiger partial charge in [-0.1, -0.05) is 61.7 Å². The van der Waals surface area contributed by atoms with Crippen molar-refractivity contribution < 1.29 is 22.7 Å². The number of piperidine rings is 1. The van der Waals surface area contributed by atoms with Gasteiger partial charge in [0.1, 0.15) is 6.04 Å². The zero-order valence-electron chi connectivity index (χ0n) is 22.4. The fourth-order valence-corrected chi connectivity index (χ4v) is 7.53. The fraction of sp³-hybridized carbons (Fsp3) is 0.387. The Bertz CT molecular complexity index is 1560. The maximum absolute atomic E-state index is 14.3. The maximum atomic E-state index is 14.3. The molecule has 5 atom stereocenters. The number of ether oxygens (including phenoxy) is 1. The summed E-state index contributed by atoms with van der Waals surface area (Å²) in [5.41, 5.74) is 1.09. The number of nitriles is 1. The minimum Gasteiger partial charge on any atom is -0.468 e. The van der Waals surface area contributed by atoms with Gasteiger partial charge in [-0.25, -0.2) is 13.1 Å². The number of Topliss-reactive ketones (excluding diaryl/α,β-unsaturated/α-hetero) is 1. The van der Waals surface area contributed by atoms with E-state index in [0.29, 0.717) is 17.5 Å². The van der Waals surface area contributed by atoms with Crippen LogP contribution < -0.4 is 10.0 Å². The van der Waals surface area contributed by atoms with E-state index in [1.54, 1.807) is 36.4 Å². The third-order valence-corrected chi connectivity index (χ3v) is 9.74. The Labute approximate surface area is 234 Å². The predicted molar refractivity (Wildman–Crippen MR) is 151 cm³/mol. The van der Waals surface area contributed by atoms with E-state index in [0.717, 1.165) is 36.5 Å². The molecule has 3 aromatic rings. The molecule has 9 heteroatoms. The summed E-state index contributed by atoms with van der Waals surface area (Å²) < 4.78 is 35.0. The molecule has 1 heterocycles. The van der Waals surface area contributed by atoms with Crippen molar-refractivity contribution in [2.75, 3.05) is 7.11 Å². The number of ketones is 1. The highest BCUT2D eigenvalue weighted by molar-refractivity contribution is 7.89. The Morgan fingerprint density at radius 1 is 1.05 bits per heavy atom. The third-order valence-electron chi connectivity index (χ3n) is 8.28. The van der Waals surface area contributed by atoms with Crippen LogP contribution in [-0.4, -0.2) is 45.4 Å². The van der Waals surface area contributed by atoms with E-state index in [-0.39, 0.29) is 28.9 Å². The molecule has 1 aliphatic carbocycles. The maximum Gasteiger partial charge on any atom is 0.322 e. The van der Waals surface area contributed by atoms with Gasteiger partial charge in [0.05, 0.1) is 35.7 Å². The van der Waals surface area contributed by atoms with Crippen LogP contribution in [-0.2, 0) is 30.8 Å². The summed E-state index contributed by atoms with van der Waals surface area (Å²) in [5.74, 6) is -0.554. The number of hydrogen-bond donors (Lipinski definition) is 2. The Morgan fingerprint density at radius 3 is 2.60 bits per heavy atom. The van der Waals surface area contributed by atoms with Gasteiger partial charge in [0.15, 0.2) is 5.78 Å². The minimum absolute atomic E-state index is 0.000252. The van der Waals surface area contributed by atoms with Gasteiger partial charge in [0, 0.05) is 0 Å². The molecule has 3 aromatic carbocycles. The molecule has 1 aliphatic heterocycles. The number of benzene rings is 3. The van der Waals surface area contributed by atoms with Crippen molar-refractivity contribution in [3.05, 3.63) is 77.9 Å². The summed E-state index contributed by atoms with van der Waals surface area (Å²) in [6, 6.07) is 18.8. The summed E-state index contributed by atoms with van der Waals surface area (Å²) in [5, 5.41) is 14.3. The average Bonchev–Trinajstić information content (AvgIpc) is 2.99. The topological polar surface area (TPSA) is 125 Å². The third kappa shape index (κ3) is 5.94. The predicted octanol–water partition coefficient (Wildman–Crippen LogP) is 3.88. The number of methoxy groups -OCH3 is 1. The molecule has 208 valence electrons. The molecule has 1 saturated carbocycles. The van der Waals surface area contributed by atoms with Gasteiger partial charge in [-0.2, -0.15) is 5.26 Å². The molecule has 0 amide bonds. The van der Waals surface area contributed by atoms with Crippen molar-refractivity contribution in [1.82, 2.24) is 10.0 Å². The Balaban J connectivity index is 1.49. The zero-order valence-corrected chi connectivity index (χ0v) is 23.2. The van der Waals surface area contributed by atoms with E-state index in [1.807, 2.05) is 24.3 Å². The largest absolute Gasteiger partial charge is 0.468 e. The van der Waals surface area contributed by atoms with Crippen molar-refractivity contribution in [2.45, 2.75) is 61.5 Å². The molecule has 0 radical (unpaired) electrons. The first kappa shape index (κ1) is 28.0. The van der Waals surface area contributed by atoms with Gasteiger partial charge in [-0.05, 0) is 71.7 Å². The van der Waals surface area contributed by atoms with Crippen LogP contribution in [0.25, 0.3) is 10.8 Å². The lowest BCUT2D eigenvalue weighted by Crippen LogP contribution is -2.62. The SMILES string of the molecule is COC(=O)C1CC2CCCCC2C(C(=O)[C@H](Cc2cccc(C#N)c2)NS(=O)(=O)c2ccc3ccccc3c2)N1. The molecule has 4 unspecified atom stereocenters. The van der Waals surface area contributed by atoms with Gasteiger partial charge in [-0.15, -0.1) is 0 Å². The number of hydrogen-bond acceptors (Lipinski definition) is 7. The van der Waals surface area contributed by atoms with Crippen LogP contribution >= 0.6 is 0 Å². The zero-order chi connectivity index (χ0) is 28.3. The Hall–Kier alpha value is -3.58. The monoisotopic (exact) mass is 559 g/mol. The highest BCUT2D eigenvalue weighted by Gasteiger charge is 2.46. The van der Waals surface area contributed by atoms with Crippen LogP contribution in [0.3, 0.4) is 0 Å². The number of sulfonamides is 1.